The largest absolute Gasteiger partial charge is 0.369 e. The zero-order valence-electron chi connectivity index (χ0n) is 15.4. The van der Waals surface area contributed by atoms with Gasteiger partial charge < -0.3 is 14.5 Å². The zero-order chi connectivity index (χ0) is 18.1. The van der Waals surface area contributed by atoms with Crippen molar-refractivity contribution in [3.05, 3.63) is 29.6 Å². The molecule has 2 amide bonds. The number of aromatic nitrogens is 1. The van der Waals surface area contributed by atoms with Gasteiger partial charge in [-0.1, -0.05) is 0 Å². The predicted molar refractivity (Wildman–Crippen MR) is 94.2 cm³/mol. The number of ether oxygens (including phenoxy) is 1. The summed E-state index contributed by atoms with van der Waals surface area (Å²) in [7, 11) is 1.61. The van der Waals surface area contributed by atoms with Crippen LogP contribution in [0.15, 0.2) is 18.3 Å². The molecule has 25 heavy (non-hydrogen) atoms. The highest BCUT2D eigenvalue weighted by Crippen LogP contribution is 2.36. The van der Waals surface area contributed by atoms with Crippen LogP contribution in [0, 0.1) is 12.8 Å². The number of pyridine rings is 1. The second-order valence-corrected chi connectivity index (χ2v) is 7.25. The van der Waals surface area contributed by atoms with E-state index in [4.69, 9.17) is 4.74 Å². The standard InChI is InChI=1S/C19H27N3O3/c1-12(2)22-16(17(25-4)19(22)24)14-7-10-21(11-8-14)18(23)15-6-5-9-20-13(15)3/h5-6,9,12,14,16-17H,7-8,10-11H2,1-4H3/t16-,17+/m0/s1. The first-order chi connectivity index (χ1) is 12.0. The number of piperidine rings is 1. The zero-order valence-corrected chi connectivity index (χ0v) is 15.4. The Morgan fingerprint density at radius 3 is 2.56 bits per heavy atom. The van der Waals surface area contributed by atoms with Gasteiger partial charge in [0.2, 0.25) is 0 Å². The lowest BCUT2D eigenvalue weighted by atomic mass is 9.79. The van der Waals surface area contributed by atoms with Gasteiger partial charge in [0, 0.05) is 38.1 Å². The quantitative estimate of drug-likeness (QED) is 0.782. The van der Waals surface area contributed by atoms with Gasteiger partial charge in [-0.2, -0.15) is 0 Å². The molecule has 0 aromatic carbocycles. The number of β-lactam (4-membered cyclic amide) rings is 1. The minimum atomic E-state index is -0.324. The molecule has 0 spiro atoms. The van der Waals surface area contributed by atoms with E-state index in [1.165, 1.54) is 0 Å². The summed E-state index contributed by atoms with van der Waals surface area (Å²) in [6.45, 7) is 7.38. The van der Waals surface area contributed by atoms with Gasteiger partial charge in [-0.3, -0.25) is 14.6 Å². The van der Waals surface area contributed by atoms with Crippen molar-refractivity contribution in [1.29, 1.82) is 0 Å². The molecular weight excluding hydrogens is 318 g/mol. The minimum absolute atomic E-state index is 0.0535. The normalized spacial score (nSPS) is 24.6. The van der Waals surface area contributed by atoms with E-state index in [1.807, 2.05) is 36.6 Å². The summed E-state index contributed by atoms with van der Waals surface area (Å²) in [4.78, 5) is 33.0. The van der Waals surface area contributed by atoms with E-state index in [9.17, 15) is 9.59 Å². The maximum Gasteiger partial charge on any atom is 0.255 e. The van der Waals surface area contributed by atoms with E-state index < -0.39 is 0 Å². The molecule has 0 aliphatic carbocycles. The molecule has 6 heteroatoms. The lowest BCUT2D eigenvalue weighted by Gasteiger charge is -2.53. The first-order valence-corrected chi connectivity index (χ1v) is 9.01. The third-order valence-electron chi connectivity index (χ3n) is 5.49. The molecule has 2 aliphatic heterocycles. The lowest BCUT2D eigenvalue weighted by Crippen LogP contribution is -2.70. The van der Waals surface area contributed by atoms with Crippen molar-refractivity contribution in [1.82, 2.24) is 14.8 Å². The number of hydrogen-bond donors (Lipinski definition) is 0. The molecule has 3 heterocycles. The number of carbonyl (C=O) groups is 2. The van der Waals surface area contributed by atoms with E-state index in [-0.39, 0.29) is 30.0 Å². The molecule has 2 fully saturated rings. The number of nitrogens with zero attached hydrogens (tertiary/aromatic N) is 3. The van der Waals surface area contributed by atoms with Crippen LogP contribution in [0.2, 0.25) is 0 Å². The molecule has 2 saturated heterocycles. The van der Waals surface area contributed by atoms with Crippen LogP contribution in [-0.2, 0) is 9.53 Å². The molecule has 2 aliphatic rings. The van der Waals surface area contributed by atoms with Gasteiger partial charge in [0.05, 0.1) is 11.6 Å². The Kier molecular flexibility index (Phi) is 5.08. The van der Waals surface area contributed by atoms with Crippen LogP contribution in [0.25, 0.3) is 0 Å². The molecule has 0 saturated carbocycles. The van der Waals surface area contributed by atoms with Crippen molar-refractivity contribution in [2.45, 2.75) is 51.8 Å². The molecule has 0 unspecified atom stereocenters. The van der Waals surface area contributed by atoms with Crippen LogP contribution in [0.4, 0.5) is 0 Å². The average Bonchev–Trinajstić information content (AvgIpc) is 2.59. The van der Waals surface area contributed by atoms with Crippen molar-refractivity contribution < 1.29 is 14.3 Å². The molecule has 1 aromatic rings. The second-order valence-electron chi connectivity index (χ2n) is 7.25. The van der Waals surface area contributed by atoms with Crippen molar-refractivity contribution in [2.24, 2.45) is 5.92 Å². The summed E-state index contributed by atoms with van der Waals surface area (Å²) in [5.74, 6) is 0.522. The summed E-state index contributed by atoms with van der Waals surface area (Å²) < 4.78 is 5.42. The lowest BCUT2D eigenvalue weighted by molar-refractivity contribution is -0.181. The van der Waals surface area contributed by atoms with Gasteiger partial charge in [-0.15, -0.1) is 0 Å². The Labute approximate surface area is 149 Å². The van der Waals surface area contributed by atoms with Gasteiger partial charge in [0.15, 0.2) is 6.10 Å². The number of carbonyl (C=O) groups excluding carboxylic acids is 2. The fraction of sp³-hybridized carbons (Fsp3) is 0.632. The SMILES string of the molecule is CO[C@H]1C(=O)N(C(C)C)[C@H]1C1CCN(C(=O)c2cccnc2C)CC1. The highest BCUT2D eigenvalue weighted by molar-refractivity contribution is 5.95. The van der Waals surface area contributed by atoms with Gasteiger partial charge in [-0.25, -0.2) is 0 Å². The van der Waals surface area contributed by atoms with Gasteiger partial charge in [0.25, 0.3) is 11.8 Å². The Morgan fingerprint density at radius 1 is 1.32 bits per heavy atom. The fourth-order valence-electron chi connectivity index (χ4n) is 4.14. The number of rotatable bonds is 4. The van der Waals surface area contributed by atoms with Crippen LogP contribution in [0.3, 0.4) is 0 Å². The molecular formula is C19H27N3O3. The average molecular weight is 345 g/mol. The predicted octanol–water partition coefficient (Wildman–Crippen LogP) is 1.88. The van der Waals surface area contributed by atoms with Crippen molar-refractivity contribution in [2.75, 3.05) is 20.2 Å². The summed E-state index contributed by atoms with van der Waals surface area (Å²) in [6.07, 6.45) is 3.17. The van der Waals surface area contributed by atoms with E-state index in [2.05, 4.69) is 4.98 Å². The Hall–Kier alpha value is -1.95. The van der Waals surface area contributed by atoms with Crippen LogP contribution < -0.4 is 0 Å². The summed E-state index contributed by atoms with van der Waals surface area (Å²) in [5, 5.41) is 0. The van der Waals surface area contributed by atoms with E-state index in [1.54, 1.807) is 19.4 Å². The maximum atomic E-state index is 12.7. The summed E-state index contributed by atoms with van der Waals surface area (Å²) in [5.41, 5.74) is 1.45. The number of aryl methyl sites for hydroxylation is 1. The number of hydrogen-bond acceptors (Lipinski definition) is 4. The smallest absolute Gasteiger partial charge is 0.255 e. The Morgan fingerprint density at radius 2 is 2.00 bits per heavy atom. The van der Waals surface area contributed by atoms with Crippen molar-refractivity contribution >= 4 is 11.8 Å². The van der Waals surface area contributed by atoms with E-state index >= 15 is 0 Å². The summed E-state index contributed by atoms with van der Waals surface area (Å²) >= 11 is 0. The second kappa shape index (κ2) is 7.12. The molecule has 136 valence electrons. The third kappa shape index (κ3) is 3.15. The summed E-state index contributed by atoms with van der Waals surface area (Å²) in [6, 6.07) is 3.95. The van der Waals surface area contributed by atoms with Crippen LogP contribution >= 0.6 is 0 Å². The van der Waals surface area contributed by atoms with E-state index in [0.717, 1.165) is 18.5 Å². The molecule has 0 bridgehead atoms. The fourth-order valence-corrected chi connectivity index (χ4v) is 4.14. The van der Waals surface area contributed by atoms with Crippen molar-refractivity contribution in [3.63, 3.8) is 0 Å². The first-order valence-electron chi connectivity index (χ1n) is 9.01. The highest BCUT2D eigenvalue weighted by Gasteiger charge is 2.52. The topological polar surface area (TPSA) is 62.7 Å². The first kappa shape index (κ1) is 17.9. The number of likely N-dealkylation sites (tertiary alicyclic amines) is 2. The molecule has 2 atom stereocenters. The Balaban J connectivity index is 1.65. The van der Waals surface area contributed by atoms with Gasteiger partial charge in [-0.05, 0) is 51.7 Å². The van der Waals surface area contributed by atoms with Gasteiger partial charge in [0.1, 0.15) is 0 Å². The van der Waals surface area contributed by atoms with Crippen molar-refractivity contribution in [3.8, 4) is 0 Å². The maximum absolute atomic E-state index is 12.7. The Bertz CT molecular complexity index is 653. The van der Waals surface area contributed by atoms with Crippen LogP contribution in [0.5, 0.6) is 0 Å². The molecule has 6 nitrogen and oxygen atoms in total. The molecule has 0 radical (unpaired) electrons. The molecule has 3 rings (SSSR count). The third-order valence-corrected chi connectivity index (χ3v) is 5.49. The molecule has 0 N–H and O–H groups in total. The number of methoxy groups -OCH3 is 1. The van der Waals surface area contributed by atoms with Crippen LogP contribution in [-0.4, -0.2) is 65.0 Å². The van der Waals surface area contributed by atoms with Crippen LogP contribution in [0.1, 0.15) is 42.7 Å². The van der Waals surface area contributed by atoms with E-state index in [0.29, 0.717) is 24.6 Å². The highest BCUT2D eigenvalue weighted by atomic mass is 16.5. The minimum Gasteiger partial charge on any atom is -0.369 e. The molecule has 1 aromatic heterocycles. The monoisotopic (exact) mass is 345 g/mol. The number of amides is 2. The van der Waals surface area contributed by atoms with Gasteiger partial charge >= 0.3 is 0 Å².